The molecule has 0 fully saturated rings. The van der Waals surface area contributed by atoms with E-state index in [1.54, 1.807) is 30.3 Å². The molecule has 0 aromatic heterocycles. The van der Waals surface area contributed by atoms with Gasteiger partial charge in [-0.15, -0.1) is 0 Å². The Morgan fingerprint density at radius 3 is 1.53 bits per heavy atom. The van der Waals surface area contributed by atoms with Gasteiger partial charge >= 0.3 is 145 Å². The number of fused-ring (bicyclic) bond motifs is 5. The van der Waals surface area contributed by atoms with Gasteiger partial charge in [0.25, 0.3) is 0 Å². The summed E-state index contributed by atoms with van der Waals surface area (Å²) in [5, 5.41) is 5.38. The fourth-order valence-corrected chi connectivity index (χ4v) is 5.78. The molecule has 0 heterocycles. The molecule has 0 saturated carbocycles. The van der Waals surface area contributed by atoms with Gasteiger partial charge in [-0.2, -0.15) is 0 Å². The summed E-state index contributed by atoms with van der Waals surface area (Å²) in [7, 11) is 0. The van der Waals surface area contributed by atoms with Crippen molar-refractivity contribution in [1.29, 1.82) is 0 Å². The molecule has 159 valence electrons. The summed E-state index contributed by atoms with van der Waals surface area (Å²) in [6, 6.07) is 26.9. The molecular formula is C29H25Cl2Zr. The van der Waals surface area contributed by atoms with E-state index in [1.807, 2.05) is 0 Å². The van der Waals surface area contributed by atoms with Gasteiger partial charge < -0.3 is 24.8 Å². The fourth-order valence-electron chi connectivity index (χ4n) is 4.61. The van der Waals surface area contributed by atoms with Gasteiger partial charge in [0.05, 0.1) is 0 Å². The quantitative estimate of drug-likeness (QED) is 0.351. The molecule has 3 heteroatoms. The van der Waals surface area contributed by atoms with Gasteiger partial charge in [0, 0.05) is 0 Å². The van der Waals surface area contributed by atoms with Gasteiger partial charge in [-0.25, -0.2) is 0 Å². The van der Waals surface area contributed by atoms with Crippen molar-refractivity contribution in [3.05, 3.63) is 107 Å². The molecule has 0 aliphatic heterocycles. The molecular weight excluding hydrogens is 510 g/mol. The van der Waals surface area contributed by atoms with Crippen LogP contribution < -0.4 is 24.8 Å². The molecule has 0 N–H and O–H groups in total. The topological polar surface area (TPSA) is 0 Å². The minimum absolute atomic E-state index is 0. The van der Waals surface area contributed by atoms with Gasteiger partial charge in [0.15, 0.2) is 0 Å². The molecule has 0 bridgehead atoms. The number of rotatable bonds is 1. The summed E-state index contributed by atoms with van der Waals surface area (Å²) >= 11 is 1.57. The van der Waals surface area contributed by atoms with Crippen LogP contribution in [-0.4, -0.2) is 0 Å². The van der Waals surface area contributed by atoms with E-state index < -0.39 is 0 Å². The number of benzene rings is 4. The Bertz CT molecular complexity index is 1250. The summed E-state index contributed by atoms with van der Waals surface area (Å²) in [6.07, 6.45) is 6.97. The van der Waals surface area contributed by atoms with Gasteiger partial charge in [0.2, 0.25) is 0 Å². The van der Waals surface area contributed by atoms with E-state index in [0.717, 1.165) is 0 Å². The second-order valence-corrected chi connectivity index (χ2v) is 9.73. The zero-order valence-corrected chi connectivity index (χ0v) is 22.3. The third kappa shape index (κ3) is 4.67. The first-order valence-electron chi connectivity index (χ1n) is 10.8. The zero-order chi connectivity index (χ0) is 20.7. The number of hydrogen-bond acceptors (Lipinski definition) is 0. The van der Waals surface area contributed by atoms with Gasteiger partial charge in [-0.1, -0.05) is 30.2 Å². The summed E-state index contributed by atoms with van der Waals surface area (Å²) in [5.41, 5.74) is 8.87. The Labute approximate surface area is 218 Å². The van der Waals surface area contributed by atoms with Gasteiger partial charge in [0.1, 0.15) is 0 Å². The average molecular weight is 536 g/mol. The molecule has 0 nitrogen and oxygen atoms in total. The molecule has 2 aliphatic rings. The van der Waals surface area contributed by atoms with E-state index in [-0.39, 0.29) is 24.8 Å². The third-order valence-electron chi connectivity index (χ3n) is 6.32. The molecule has 0 saturated heterocycles. The van der Waals surface area contributed by atoms with E-state index in [4.69, 9.17) is 0 Å². The molecule has 0 radical (unpaired) electrons. The van der Waals surface area contributed by atoms with Crippen molar-refractivity contribution in [3.63, 3.8) is 0 Å². The number of hydrogen-bond donors (Lipinski definition) is 0. The minimum atomic E-state index is 0. The van der Waals surface area contributed by atoms with Crippen molar-refractivity contribution in [2.75, 3.05) is 0 Å². The number of allylic oxidation sites excluding steroid dienone is 4. The van der Waals surface area contributed by atoms with Crippen LogP contribution in [0.3, 0.4) is 0 Å². The normalized spacial score (nSPS) is 13.9. The Hall–Kier alpha value is -1.66. The molecule has 2 aliphatic carbocycles. The third-order valence-corrected chi connectivity index (χ3v) is 7.85. The Morgan fingerprint density at radius 2 is 1.19 bits per heavy atom. The van der Waals surface area contributed by atoms with E-state index in [1.165, 1.54) is 62.2 Å². The molecule has 4 aromatic rings. The first kappa shape index (κ1) is 25.0. The van der Waals surface area contributed by atoms with Crippen molar-refractivity contribution in [3.8, 4) is 11.1 Å². The first-order valence-corrected chi connectivity index (χ1v) is 12.2. The van der Waals surface area contributed by atoms with Crippen LogP contribution in [0.4, 0.5) is 0 Å². The molecule has 4 aromatic carbocycles. The van der Waals surface area contributed by atoms with Gasteiger partial charge in [-0.3, -0.25) is 0 Å². The van der Waals surface area contributed by atoms with Crippen LogP contribution in [0.1, 0.15) is 41.4 Å². The molecule has 0 amide bonds. The number of halogens is 2. The molecule has 0 atom stereocenters. The Morgan fingerprint density at radius 1 is 0.750 bits per heavy atom. The van der Waals surface area contributed by atoms with E-state index in [0.29, 0.717) is 3.63 Å². The SMILES string of the molecule is CCC1=CC(C)=CC1.[Cl-].[Cl-].[Zr+2][CH]1c2cc3ccccc3cc2-c2cc3ccccc3cc21. The summed E-state index contributed by atoms with van der Waals surface area (Å²) < 4.78 is 0.561. The maximum absolute atomic E-state index is 2.40. The summed E-state index contributed by atoms with van der Waals surface area (Å²) in [6.45, 7) is 4.36. The second-order valence-electron chi connectivity index (χ2n) is 8.31. The second kappa shape index (κ2) is 10.5. The predicted molar refractivity (Wildman–Crippen MR) is 125 cm³/mol. The van der Waals surface area contributed by atoms with Crippen LogP contribution >= 0.6 is 0 Å². The zero-order valence-electron chi connectivity index (χ0n) is 18.3. The first-order chi connectivity index (χ1) is 14.6. The van der Waals surface area contributed by atoms with Crippen LogP contribution in [0.2, 0.25) is 0 Å². The van der Waals surface area contributed by atoms with Crippen LogP contribution in [0.25, 0.3) is 32.7 Å². The van der Waals surface area contributed by atoms with E-state index >= 15 is 0 Å². The van der Waals surface area contributed by atoms with Crippen LogP contribution in [0.15, 0.2) is 96.1 Å². The van der Waals surface area contributed by atoms with E-state index in [9.17, 15) is 0 Å². The van der Waals surface area contributed by atoms with Crippen molar-refractivity contribution in [1.82, 2.24) is 0 Å². The monoisotopic (exact) mass is 533 g/mol. The molecule has 32 heavy (non-hydrogen) atoms. The van der Waals surface area contributed by atoms with E-state index in [2.05, 4.69) is 98.8 Å². The van der Waals surface area contributed by atoms with Gasteiger partial charge in [-0.05, 0) is 19.8 Å². The van der Waals surface area contributed by atoms with Crippen molar-refractivity contribution in [2.45, 2.75) is 30.3 Å². The Kier molecular flexibility index (Phi) is 8.21. The molecule has 0 spiro atoms. The predicted octanol–water partition coefficient (Wildman–Crippen LogP) is 2.29. The Balaban J connectivity index is 0.000000249. The molecule has 6 rings (SSSR count). The summed E-state index contributed by atoms with van der Waals surface area (Å²) in [4.78, 5) is 0. The van der Waals surface area contributed by atoms with Crippen molar-refractivity contribution in [2.24, 2.45) is 0 Å². The van der Waals surface area contributed by atoms with Crippen LogP contribution in [0.5, 0.6) is 0 Å². The standard InChI is InChI=1S/C21H13.C8H12.2ClH.Zr/c1-3-7-16-12-20-18(9-14(16)5-1)11-19-10-15-6-2-4-8-17(15)13-21(19)20;1-3-8-5-4-7(2)6-8;;;/h1-13H;4,6H,3,5H2,1-2H3;2*1H;/q;;;;+2/p-2. The molecule has 0 unspecified atom stereocenters. The fraction of sp³-hybridized carbons (Fsp3) is 0.172. The average Bonchev–Trinajstić information content (AvgIpc) is 3.32. The maximum atomic E-state index is 2.40. The van der Waals surface area contributed by atoms with Crippen molar-refractivity contribution < 1.29 is 49.5 Å². The van der Waals surface area contributed by atoms with Crippen LogP contribution in [0, 0.1) is 0 Å². The van der Waals surface area contributed by atoms with Crippen molar-refractivity contribution >= 4 is 21.5 Å². The van der Waals surface area contributed by atoms with Crippen LogP contribution in [-0.2, 0) is 24.7 Å². The summed E-state index contributed by atoms with van der Waals surface area (Å²) in [5.74, 6) is 0.